The minimum atomic E-state index is 0.137. The summed E-state index contributed by atoms with van der Waals surface area (Å²) in [5.74, 6) is 0.474. The summed E-state index contributed by atoms with van der Waals surface area (Å²) in [6.07, 6.45) is 2.78. The zero-order valence-electron chi connectivity index (χ0n) is 9.97. The first-order valence-corrected chi connectivity index (χ1v) is 6.14. The van der Waals surface area contributed by atoms with Crippen molar-refractivity contribution in [2.45, 2.75) is 25.8 Å². The molecule has 1 aliphatic heterocycles. The lowest BCUT2D eigenvalue weighted by Gasteiger charge is -2.35. The third-order valence-corrected chi connectivity index (χ3v) is 3.62. The smallest absolute Gasteiger partial charge is 0.143 e. The average Bonchev–Trinajstić information content (AvgIpc) is 3.13. The Morgan fingerprint density at radius 1 is 1.38 bits per heavy atom. The van der Waals surface area contributed by atoms with Gasteiger partial charge in [-0.15, -0.1) is 0 Å². The number of oxime groups is 1. The standard InChI is InChI=1S/C11H22N4O/c1-9(11(12)13-16)8-14-4-6-15(7-5-14)10-2-3-10/h9-10,16H,2-8H2,1H3,(H2,12,13). The zero-order valence-corrected chi connectivity index (χ0v) is 9.97. The van der Waals surface area contributed by atoms with Crippen LogP contribution in [0.25, 0.3) is 0 Å². The fourth-order valence-electron chi connectivity index (χ4n) is 2.33. The number of hydrogen-bond acceptors (Lipinski definition) is 4. The number of hydrogen-bond donors (Lipinski definition) is 2. The molecule has 0 aromatic rings. The van der Waals surface area contributed by atoms with E-state index < -0.39 is 0 Å². The third-order valence-electron chi connectivity index (χ3n) is 3.62. The molecule has 1 aliphatic carbocycles. The van der Waals surface area contributed by atoms with Gasteiger partial charge in [0.15, 0.2) is 0 Å². The minimum Gasteiger partial charge on any atom is -0.409 e. The second-order valence-electron chi connectivity index (χ2n) is 4.99. The second kappa shape index (κ2) is 5.01. The number of rotatable bonds is 4. The first-order chi connectivity index (χ1) is 7.70. The van der Waals surface area contributed by atoms with Gasteiger partial charge in [-0.3, -0.25) is 4.90 Å². The van der Waals surface area contributed by atoms with Gasteiger partial charge < -0.3 is 15.8 Å². The number of amidine groups is 1. The summed E-state index contributed by atoms with van der Waals surface area (Å²) in [5.41, 5.74) is 5.58. The van der Waals surface area contributed by atoms with Crippen LogP contribution in [0.3, 0.4) is 0 Å². The molecule has 3 N–H and O–H groups in total. The van der Waals surface area contributed by atoms with Crippen LogP contribution >= 0.6 is 0 Å². The SMILES string of the molecule is CC(CN1CCN(C2CC2)CC1)C(N)=NO. The minimum absolute atomic E-state index is 0.137. The molecule has 1 heterocycles. The topological polar surface area (TPSA) is 65.1 Å². The Morgan fingerprint density at radius 2 is 2.00 bits per heavy atom. The van der Waals surface area contributed by atoms with Crippen molar-refractivity contribution in [2.24, 2.45) is 16.8 Å². The van der Waals surface area contributed by atoms with Crippen molar-refractivity contribution in [3.63, 3.8) is 0 Å². The molecule has 2 fully saturated rings. The van der Waals surface area contributed by atoms with Gasteiger partial charge in [0.05, 0.1) is 0 Å². The molecule has 0 spiro atoms. The molecule has 2 rings (SSSR count). The highest BCUT2D eigenvalue weighted by molar-refractivity contribution is 5.82. The number of piperazine rings is 1. The van der Waals surface area contributed by atoms with Gasteiger partial charge in [-0.25, -0.2) is 0 Å². The molecule has 5 nitrogen and oxygen atoms in total. The fraction of sp³-hybridized carbons (Fsp3) is 0.909. The molecule has 0 amide bonds. The predicted octanol–water partition coefficient (Wildman–Crippen LogP) is 0.149. The van der Waals surface area contributed by atoms with Gasteiger partial charge in [0.25, 0.3) is 0 Å². The van der Waals surface area contributed by atoms with E-state index in [2.05, 4.69) is 15.0 Å². The first kappa shape index (κ1) is 11.7. The molecule has 2 aliphatic rings. The maximum absolute atomic E-state index is 8.59. The molecule has 0 aromatic carbocycles. The Bertz CT molecular complexity index is 257. The molecule has 5 heteroatoms. The molecular formula is C11H22N4O. The van der Waals surface area contributed by atoms with Crippen LogP contribution in [0, 0.1) is 5.92 Å². The van der Waals surface area contributed by atoms with Gasteiger partial charge in [0.1, 0.15) is 5.84 Å². The summed E-state index contributed by atoms with van der Waals surface area (Å²) >= 11 is 0. The molecule has 0 radical (unpaired) electrons. The van der Waals surface area contributed by atoms with E-state index >= 15 is 0 Å². The van der Waals surface area contributed by atoms with Crippen LogP contribution < -0.4 is 5.73 Å². The Balaban J connectivity index is 1.72. The van der Waals surface area contributed by atoms with E-state index in [4.69, 9.17) is 10.9 Å². The van der Waals surface area contributed by atoms with Gasteiger partial charge in [0.2, 0.25) is 0 Å². The summed E-state index contributed by atoms with van der Waals surface area (Å²) in [5, 5.41) is 11.7. The quantitative estimate of drug-likeness (QED) is 0.310. The summed E-state index contributed by atoms with van der Waals surface area (Å²) in [7, 11) is 0. The van der Waals surface area contributed by atoms with E-state index in [0.717, 1.165) is 25.7 Å². The fourth-order valence-corrected chi connectivity index (χ4v) is 2.33. The number of nitrogens with two attached hydrogens (primary N) is 1. The molecule has 16 heavy (non-hydrogen) atoms. The third kappa shape index (κ3) is 2.86. The van der Waals surface area contributed by atoms with Crippen molar-refractivity contribution in [1.82, 2.24) is 9.80 Å². The van der Waals surface area contributed by atoms with Gasteiger partial charge >= 0.3 is 0 Å². The Kier molecular flexibility index (Phi) is 3.66. The van der Waals surface area contributed by atoms with Crippen LogP contribution in [0.2, 0.25) is 0 Å². The Hall–Kier alpha value is -0.810. The van der Waals surface area contributed by atoms with Gasteiger partial charge in [-0.1, -0.05) is 12.1 Å². The molecule has 1 saturated carbocycles. The van der Waals surface area contributed by atoms with E-state index in [1.807, 2.05) is 6.92 Å². The van der Waals surface area contributed by atoms with Crippen molar-refractivity contribution in [1.29, 1.82) is 0 Å². The molecule has 0 aromatic heterocycles. The highest BCUT2D eigenvalue weighted by Crippen LogP contribution is 2.27. The second-order valence-corrected chi connectivity index (χ2v) is 4.99. The largest absolute Gasteiger partial charge is 0.409 e. The lowest BCUT2D eigenvalue weighted by atomic mass is 10.1. The van der Waals surface area contributed by atoms with Gasteiger partial charge in [-0.05, 0) is 12.8 Å². The van der Waals surface area contributed by atoms with E-state index in [9.17, 15) is 0 Å². The Labute approximate surface area is 96.9 Å². The summed E-state index contributed by atoms with van der Waals surface area (Å²) in [4.78, 5) is 4.99. The van der Waals surface area contributed by atoms with Crippen molar-refractivity contribution in [2.75, 3.05) is 32.7 Å². The van der Waals surface area contributed by atoms with E-state index in [1.54, 1.807) is 0 Å². The maximum Gasteiger partial charge on any atom is 0.143 e. The lowest BCUT2D eigenvalue weighted by molar-refractivity contribution is 0.121. The highest BCUT2D eigenvalue weighted by atomic mass is 16.4. The number of nitrogens with zero attached hydrogens (tertiary/aromatic N) is 3. The average molecular weight is 226 g/mol. The normalized spacial score (nSPS) is 26.9. The maximum atomic E-state index is 8.59. The van der Waals surface area contributed by atoms with Crippen molar-refractivity contribution >= 4 is 5.84 Å². The molecule has 1 saturated heterocycles. The summed E-state index contributed by atoms with van der Waals surface area (Å²) < 4.78 is 0. The van der Waals surface area contributed by atoms with Crippen LogP contribution in [-0.2, 0) is 0 Å². The predicted molar refractivity (Wildman–Crippen MR) is 63.6 cm³/mol. The zero-order chi connectivity index (χ0) is 11.5. The van der Waals surface area contributed by atoms with Gasteiger partial charge in [-0.2, -0.15) is 0 Å². The molecule has 92 valence electrons. The van der Waals surface area contributed by atoms with Crippen LogP contribution in [0.1, 0.15) is 19.8 Å². The van der Waals surface area contributed by atoms with Gasteiger partial charge in [0, 0.05) is 44.7 Å². The molecule has 1 atom stereocenters. The summed E-state index contributed by atoms with van der Waals surface area (Å²) in [6, 6.07) is 0.878. The van der Waals surface area contributed by atoms with E-state index in [0.29, 0.717) is 5.84 Å². The summed E-state index contributed by atoms with van der Waals surface area (Å²) in [6.45, 7) is 7.47. The van der Waals surface area contributed by atoms with Crippen molar-refractivity contribution in [3.8, 4) is 0 Å². The van der Waals surface area contributed by atoms with Crippen molar-refractivity contribution in [3.05, 3.63) is 0 Å². The van der Waals surface area contributed by atoms with Crippen LogP contribution in [-0.4, -0.2) is 59.6 Å². The highest BCUT2D eigenvalue weighted by Gasteiger charge is 2.31. The van der Waals surface area contributed by atoms with E-state index in [1.165, 1.54) is 25.9 Å². The Morgan fingerprint density at radius 3 is 2.50 bits per heavy atom. The molecule has 0 bridgehead atoms. The van der Waals surface area contributed by atoms with Crippen LogP contribution in [0.15, 0.2) is 5.16 Å². The van der Waals surface area contributed by atoms with Crippen LogP contribution in [0.5, 0.6) is 0 Å². The lowest BCUT2D eigenvalue weighted by Crippen LogP contribution is -2.49. The molecule has 1 unspecified atom stereocenters. The first-order valence-electron chi connectivity index (χ1n) is 6.14. The monoisotopic (exact) mass is 226 g/mol. The molecular weight excluding hydrogens is 204 g/mol. The van der Waals surface area contributed by atoms with E-state index in [-0.39, 0.29) is 5.92 Å². The van der Waals surface area contributed by atoms with Crippen molar-refractivity contribution < 1.29 is 5.21 Å². The van der Waals surface area contributed by atoms with Crippen LogP contribution in [0.4, 0.5) is 0 Å².